The summed E-state index contributed by atoms with van der Waals surface area (Å²) in [6.45, 7) is 4.18. The fourth-order valence-corrected chi connectivity index (χ4v) is 2.63. The van der Waals surface area contributed by atoms with Crippen molar-refractivity contribution in [1.29, 1.82) is 0 Å². The van der Waals surface area contributed by atoms with Crippen molar-refractivity contribution in [3.8, 4) is 0 Å². The molecule has 0 saturated heterocycles. The fourth-order valence-electron chi connectivity index (χ4n) is 2.63. The summed E-state index contributed by atoms with van der Waals surface area (Å²) >= 11 is 0. The van der Waals surface area contributed by atoms with Gasteiger partial charge < -0.3 is 4.90 Å². The van der Waals surface area contributed by atoms with E-state index in [0.717, 1.165) is 5.92 Å². The number of rotatable bonds is 2. The lowest BCUT2D eigenvalue weighted by molar-refractivity contribution is -0.0550. The number of hydrogen-bond donors (Lipinski definition) is 0. The Kier molecular flexibility index (Phi) is 1.33. The van der Waals surface area contributed by atoms with Gasteiger partial charge in [-0.3, -0.25) is 0 Å². The third kappa shape index (κ3) is 0.715. The van der Waals surface area contributed by atoms with Gasteiger partial charge in [-0.1, -0.05) is 6.58 Å². The molecule has 1 nitrogen and oxygen atoms in total. The van der Waals surface area contributed by atoms with Crippen LogP contribution in [0.4, 0.5) is 0 Å². The van der Waals surface area contributed by atoms with E-state index < -0.39 is 0 Å². The average molecular weight is 151 g/mol. The Bertz CT molecular complexity index is 185. The molecule has 0 unspecified atom stereocenters. The lowest BCUT2D eigenvalue weighted by Crippen LogP contribution is -2.52. The van der Waals surface area contributed by atoms with Gasteiger partial charge in [0.1, 0.15) is 0 Å². The summed E-state index contributed by atoms with van der Waals surface area (Å²) in [6, 6.07) is 0. The number of allylic oxidation sites excluding steroid dienone is 1. The standard InChI is InChI=1S/C10H17N/c1-8(11(2)3)10-6-4-9(10)5-7-10/h9H,1,4-7H2,2-3H3. The number of hydrogen-bond acceptors (Lipinski definition) is 1. The Morgan fingerprint density at radius 2 is 1.91 bits per heavy atom. The van der Waals surface area contributed by atoms with E-state index in [4.69, 9.17) is 0 Å². The van der Waals surface area contributed by atoms with Crippen molar-refractivity contribution in [1.82, 2.24) is 4.90 Å². The van der Waals surface area contributed by atoms with E-state index in [1.54, 1.807) is 0 Å². The van der Waals surface area contributed by atoms with Crippen molar-refractivity contribution >= 4 is 0 Å². The maximum atomic E-state index is 4.18. The number of nitrogens with zero attached hydrogens (tertiary/aromatic N) is 1. The lowest BCUT2D eigenvalue weighted by Gasteiger charge is -2.60. The molecule has 0 aliphatic heterocycles. The third-order valence-corrected chi connectivity index (χ3v) is 3.77. The molecular weight excluding hydrogens is 134 g/mol. The molecule has 2 aliphatic carbocycles. The normalized spacial score (nSPS) is 40.0. The summed E-state index contributed by atoms with van der Waals surface area (Å²) in [7, 11) is 4.23. The molecule has 0 spiro atoms. The van der Waals surface area contributed by atoms with E-state index >= 15 is 0 Å². The first-order valence-electron chi connectivity index (χ1n) is 4.53. The third-order valence-electron chi connectivity index (χ3n) is 3.77. The van der Waals surface area contributed by atoms with Gasteiger partial charge in [0, 0.05) is 25.2 Å². The summed E-state index contributed by atoms with van der Waals surface area (Å²) in [5.41, 5.74) is 1.95. The van der Waals surface area contributed by atoms with Crippen molar-refractivity contribution in [3.05, 3.63) is 12.3 Å². The maximum absolute atomic E-state index is 4.18. The predicted octanol–water partition coefficient (Wildman–Crippen LogP) is 2.25. The zero-order valence-electron chi connectivity index (χ0n) is 7.56. The van der Waals surface area contributed by atoms with Gasteiger partial charge in [0.05, 0.1) is 0 Å². The molecule has 2 rings (SSSR count). The van der Waals surface area contributed by atoms with Crippen LogP contribution in [-0.2, 0) is 0 Å². The Labute approximate surface area is 69.1 Å². The molecular formula is C10H17N. The van der Waals surface area contributed by atoms with Gasteiger partial charge in [0.25, 0.3) is 0 Å². The summed E-state index contributed by atoms with van der Waals surface area (Å²) < 4.78 is 0. The first-order valence-corrected chi connectivity index (χ1v) is 4.53. The van der Waals surface area contributed by atoms with E-state index in [0.29, 0.717) is 5.41 Å². The van der Waals surface area contributed by atoms with Crippen LogP contribution in [0.15, 0.2) is 12.3 Å². The predicted molar refractivity (Wildman–Crippen MR) is 47.2 cm³/mol. The van der Waals surface area contributed by atoms with Crippen LogP contribution in [0.1, 0.15) is 25.7 Å². The smallest absolute Gasteiger partial charge is 0.0125 e. The van der Waals surface area contributed by atoms with Crippen LogP contribution in [0.25, 0.3) is 0 Å². The average Bonchev–Trinajstić information content (AvgIpc) is 1.95. The van der Waals surface area contributed by atoms with E-state index in [1.807, 2.05) is 0 Å². The summed E-state index contributed by atoms with van der Waals surface area (Å²) in [6.07, 6.45) is 5.70. The minimum absolute atomic E-state index is 0.573. The van der Waals surface area contributed by atoms with Gasteiger partial charge in [-0.15, -0.1) is 0 Å². The highest BCUT2D eigenvalue weighted by molar-refractivity contribution is 5.21. The van der Waals surface area contributed by atoms with Crippen LogP contribution in [0, 0.1) is 11.3 Å². The van der Waals surface area contributed by atoms with Gasteiger partial charge in [-0.05, 0) is 31.6 Å². The van der Waals surface area contributed by atoms with Crippen LogP contribution < -0.4 is 0 Å². The summed E-state index contributed by atoms with van der Waals surface area (Å²) in [5, 5.41) is 0. The Balaban J connectivity index is 2.09. The summed E-state index contributed by atoms with van der Waals surface area (Å²) in [5.74, 6) is 0.998. The van der Waals surface area contributed by atoms with E-state index in [9.17, 15) is 0 Å². The molecule has 0 atom stereocenters. The lowest BCUT2D eigenvalue weighted by atomic mass is 9.46. The first kappa shape index (κ1) is 7.20. The highest BCUT2D eigenvalue weighted by Gasteiger charge is 2.55. The van der Waals surface area contributed by atoms with Gasteiger partial charge in [-0.2, -0.15) is 0 Å². The van der Waals surface area contributed by atoms with Crippen LogP contribution in [-0.4, -0.2) is 19.0 Å². The van der Waals surface area contributed by atoms with E-state index in [1.165, 1.54) is 31.4 Å². The molecule has 0 aromatic heterocycles. The molecule has 0 bridgehead atoms. The highest BCUT2D eigenvalue weighted by atomic mass is 15.1. The number of fused-ring (bicyclic) bond motifs is 1. The second-order valence-corrected chi connectivity index (χ2v) is 4.27. The zero-order valence-corrected chi connectivity index (χ0v) is 7.56. The van der Waals surface area contributed by atoms with Crippen LogP contribution in [0.5, 0.6) is 0 Å². The highest BCUT2D eigenvalue weighted by Crippen LogP contribution is 2.64. The Morgan fingerprint density at radius 3 is 2.00 bits per heavy atom. The molecule has 1 heteroatoms. The molecule has 0 heterocycles. The molecule has 2 saturated carbocycles. The van der Waals surface area contributed by atoms with Crippen molar-refractivity contribution in [3.63, 3.8) is 0 Å². The molecule has 2 aliphatic rings. The van der Waals surface area contributed by atoms with Crippen LogP contribution in [0.2, 0.25) is 0 Å². The molecule has 0 aromatic rings. The van der Waals surface area contributed by atoms with Gasteiger partial charge in [0.15, 0.2) is 0 Å². The van der Waals surface area contributed by atoms with Crippen LogP contribution >= 0.6 is 0 Å². The van der Waals surface area contributed by atoms with Gasteiger partial charge in [0.2, 0.25) is 0 Å². The molecule has 2 fully saturated rings. The van der Waals surface area contributed by atoms with E-state index in [-0.39, 0.29) is 0 Å². The molecule has 0 amide bonds. The molecule has 0 aromatic carbocycles. The van der Waals surface area contributed by atoms with Crippen molar-refractivity contribution < 1.29 is 0 Å². The zero-order chi connectivity index (χ0) is 8.06. The quantitative estimate of drug-likeness (QED) is 0.585. The molecule has 0 N–H and O–H groups in total. The first-order chi connectivity index (χ1) is 5.17. The fraction of sp³-hybridized carbons (Fsp3) is 0.800. The minimum Gasteiger partial charge on any atom is -0.381 e. The molecule has 0 radical (unpaired) electrons. The second kappa shape index (κ2) is 2.02. The topological polar surface area (TPSA) is 3.24 Å². The minimum atomic E-state index is 0.573. The maximum Gasteiger partial charge on any atom is 0.0125 e. The second-order valence-electron chi connectivity index (χ2n) is 4.27. The SMILES string of the molecule is C=C(N(C)C)C12CCC1CC2. The monoisotopic (exact) mass is 151 g/mol. The Morgan fingerprint density at radius 1 is 1.36 bits per heavy atom. The largest absolute Gasteiger partial charge is 0.381 e. The van der Waals surface area contributed by atoms with Crippen molar-refractivity contribution in [2.45, 2.75) is 25.7 Å². The Hall–Kier alpha value is -0.460. The summed E-state index contributed by atoms with van der Waals surface area (Å²) in [4.78, 5) is 2.20. The van der Waals surface area contributed by atoms with Crippen molar-refractivity contribution in [2.75, 3.05) is 14.1 Å². The van der Waals surface area contributed by atoms with Crippen LogP contribution in [0.3, 0.4) is 0 Å². The van der Waals surface area contributed by atoms with Gasteiger partial charge in [-0.25, -0.2) is 0 Å². The van der Waals surface area contributed by atoms with Crippen molar-refractivity contribution in [2.24, 2.45) is 11.3 Å². The molecule has 62 valence electrons. The van der Waals surface area contributed by atoms with Gasteiger partial charge >= 0.3 is 0 Å². The van der Waals surface area contributed by atoms with E-state index in [2.05, 4.69) is 25.6 Å². The molecule has 11 heavy (non-hydrogen) atoms.